The van der Waals surface area contributed by atoms with Gasteiger partial charge in [-0.15, -0.1) is 0 Å². The van der Waals surface area contributed by atoms with Crippen LogP contribution in [0.5, 0.6) is 86.2 Å². The zero-order valence-corrected chi connectivity index (χ0v) is 37.4. The summed E-state index contributed by atoms with van der Waals surface area (Å²) in [6.45, 7) is -3.07. The summed E-state index contributed by atoms with van der Waals surface area (Å²) in [7, 11) is 0. The fourth-order valence-corrected chi connectivity index (χ4v) is 8.67. The number of hydrogen-bond acceptors (Lipinski definition) is 30. The van der Waals surface area contributed by atoms with Gasteiger partial charge in [-0.25, -0.2) is 24.0 Å². The summed E-state index contributed by atoms with van der Waals surface area (Å²) in [5, 5.41) is 205. The quantitative estimate of drug-likeness (QED) is 0.0505. The van der Waals surface area contributed by atoms with E-state index in [0.29, 0.717) is 18.2 Å². The highest BCUT2D eigenvalue weighted by Gasteiger charge is 2.57. The molecule has 76 heavy (non-hydrogen) atoms. The number of rotatable bonds is 8. The molecule has 19 N–H and O–H groups in total. The lowest BCUT2D eigenvalue weighted by Crippen LogP contribution is -2.58. The molecule has 0 saturated heterocycles. The van der Waals surface area contributed by atoms with E-state index in [2.05, 4.69) is 0 Å². The molecule has 4 heterocycles. The van der Waals surface area contributed by atoms with Gasteiger partial charge in [0.05, 0.1) is 34.8 Å². The third-order valence-electron chi connectivity index (χ3n) is 12.4. The first-order chi connectivity index (χ1) is 35.6. The van der Waals surface area contributed by atoms with Crippen molar-refractivity contribution in [3.63, 3.8) is 0 Å². The number of phenolic OH excluding ortho intramolecular Hbond substituents is 15. The Hall–Kier alpha value is -10.0. The van der Waals surface area contributed by atoms with Crippen molar-refractivity contribution < 1.29 is 149 Å². The molecular formula is C46H36O30. The number of ether oxygens (including phenoxy) is 5. The molecule has 30 heteroatoms. The van der Waals surface area contributed by atoms with Crippen molar-refractivity contribution in [1.29, 1.82) is 0 Å². The number of aliphatic hydroxyl groups excluding tert-OH is 4. The second-order valence-corrected chi connectivity index (χ2v) is 16.8. The summed E-state index contributed by atoms with van der Waals surface area (Å²) in [5.41, 5.74) is -12.4. The fraction of sp³-hybridized carbons (Fsp3) is 0.217. The maximum atomic E-state index is 14.9. The van der Waals surface area contributed by atoms with Gasteiger partial charge in [0.25, 0.3) is 0 Å². The van der Waals surface area contributed by atoms with E-state index in [1.807, 2.05) is 0 Å². The van der Waals surface area contributed by atoms with Gasteiger partial charge in [0.2, 0.25) is 23.0 Å². The van der Waals surface area contributed by atoms with Crippen molar-refractivity contribution >= 4 is 35.6 Å². The lowest BCUT2D eigenvalue weighted by Gasteiger charge is -2.42. The van der Waals surface area contributed by atoms with Crippen LogP contribution >= 0.6 is 0 Å². The van der Waals surface area contributed by atoms with Gasteiger partial charge in [0.1, 0.15) is 30.5 Å². The van der Waals surface area contributed by atoms with Crippen molar-refractivity contribution in [3.05, 3.63) is 63.7 Å². The number of fused-ring (bicyclic) bond motifs is 7. The van der Waals surface area contributed by atoms with Crippen molar-refractivity contribution in [2.45, 2.75) is 48.6 Å². The summed E-state index contributed by atoms with van der Waals surface area (Å²) >= 11 is 0. The average molecular weight is 1070 g/mol. The Bertz CT molecular complexity index is 3360. The lowest BCUT2D eigenvalue weighted by atomic mass is 9.74. The van der Waals surface area contributed by atoms with E-state index in [1.54, 1.807) is 0 Å². The second kappa shape index (κ2) is 18.8. The highest BCUT2D eigenvalue weighted by atomic mass is 16.6. The first-order valence-electron chi connectivity index (χ1n) is 21.2. The van der Waals surface area contributed by atoms with Gasteiger partial charge in [-0.1, -0.05) is 0 Å². The van der Waals surface area contributed by atoms with Gasteiger partial charge in [-0.2, -0.15) is 0 Å². The molecule has 0 fully saturated rings. The number of esters is 5. The number of aliphatic hydroxyl groups is 4. The number of carbonyl (C=O) groups excluding carboxylic acids is 6. The molecule has 0 aromatic heterocycles. The summed E-state index contributed by atoms with van der Waals surface area (Å²) in [5.74, 6) is -37.1. The van der Waals surface area contributed by atoms with Crippen LogP contribution < -0.4 is 0 Å². The van der Waals surface area contributed by atoms with Gasteiger partial charge in [0, 0.05) is 27.8 Å². The van der Waals surface area contributed by atoms with Crippen molar-refractivity contribution in [1.82, 2.24) is 0 Å². The molecule has 4 aliphatic heterocycles. The SMILES string of the molecule is O=C(OC1COC(=O)c2cc(c(O)c(O)c2O)-c2c(cc(O)c(O)c2O)C(=O)OC1C1OC(=O)c2cc(O)c(O)c(O)c2-c2c(O)c(O)c(O)c3c2C(=O)OC1C3C(=O)C(O)C(O)C(O)CO)c1cc(O)c(O)c(O)c1. The van der Waals surface area contributed by atoms with Crippen molar-refractivity contribution in [2.75, 3.05) is 13.2 Å². The molecule has 0 amide bonds. The Kier molecular flexibility index (Phi) is 12.9. The van der Waals surface area contributed by atoms with Crippen LogP contribution in [0.4, 0.5) is 0 Å². The van der Waals surface area contributed by atoms with Gasteiger partial charge >= 0.3 is 29.8 Å². The van der Waals surface area contributed by atoms with E-state index in [4.69, 9.17) is 23.7 Å². The van der Waals surface area contributed by atoms with Crippen LogP contribution in [0.15, 0.2) is 30.3 Å². The number of hydrogen-bond donors (Lipinski definition) is 19. The molecule has 0 saturated carbocycles. The van der Waals surface area contributed by atoms with E-state index in [-0.39, 0.29) is 12.1 Å². The monoisotopic (exact) mass is 1070 g/mol. The highest BCUT2D eigenvalue weighted by Crippen LogP contribution is 2.59. The summed E-state index contributed by atoms with van der Waals surface area (Å²) in [4.78, 5) is 87.2. The Morgan fingerprint density at radius 1 is 0.487 bits per heavy atom. The number of ketones is 1. The molecule has 5 aromatic rings. The van der Waals surface area contributed by atoms with E-state index < -0.39 is 239 Å². The number of aromatic hydroxyl groups is 15. The number of benzene rings is 5. The highest BCUT2D eigenvalue weighted by molar-refractivity contribution is 6.12. The lowest BCUT2D eigenvalue weighted by molar-refractivity contribution is -0.156. The Morgan fingerprint density at radius 3 is 1.55 bits per heavy atom. The molecule has 0 aliphatic carbocycles. The van der Waals surface area contributed by atoms with Gasteiger partial charge in [0.15, 0.2) is 93.4 Å². The minimum absolute atomic E-state index is 0.274. The number of carbonyl (C=O) groups is 6. The number of phenols is 15. The normalized spacial score (nSPS) is 20.2. The molecule has 0 spiro atoms. The molecular weight excluding hydrogens is 1030 g/mol. The Morgan fingerprint density at radius 2 is 0.974 bits per heavy atom. The first-order valence-corrected chi connectivity index (χ1v) is 21.2. The van der Waals surface area contributed by atoms with Crippen LogP contribution in [-0.4, -0.2) is 189 Å². The van der Waals surface area contributed by atoms with Crippen LogP contribution in [0.3, 0.4) is 0 Å². The van der Waals surface area contributed by atoms with E-state index in [1.165, 1.54) is 0 Å². The third kappa shape index (κ3) is 8.10. The van der Waals surface area contributed by atoms with E-state index in [9.17, 15) is 126 Å². The fourth-order valence-electron chi connectivity index (χ4n) is 8.67. The minimum atomic E-state index is -3.11. The summed E-state index contributed by atoms with van der Waals surface area (Å²) < 4.78 is 27.9. The second-order valence-electron chi connectivity index (χ2n) is 16.8. The molecule has 8 unspecified atom stereocenters. The molecule has 30 nitrogen and oxygen atoms in total. The van der Waals surface area contributed by atoms with Gasteiger partial charge in [-0.3, -0.25) is 4.79 Å². The van der Waals surface area contributed by atoms with Crippen LogP contribution in [0.2, 0.25) is 0 Å². The summed E-state index contributed by atoms with van der Waals surface area (Å²) in [6, 6.07) is 1.87. The molecule has 6 bridgehead atoms. The molecule has 0 radical (unpaired) electrons. The Balaban J connectivity index is 1.49. The van der Waals surface area contributed by atoms with Crippen LogP contribution in [0.1, 0.15) is 63.3 Å². The topological polar surface area (TPSA) is 533 Å². The molecule has 9 rings (SSSR count). The maximum absolute atomic E-state index is 14.9. The molecule has 5 aromatic carbocycles. The summed E-state index contributed by atoms with van der Waals surface area (Å²) in [6.07, 6.45) is -20.2. The van der Waals surface area contributed by atoms with Crippen LogP contribution in [0.25, 0.3) is 22.3 Å². The Labute approximate surface area is 418 Å². The average Bonchev–Trinajstić information content (AvgIpc) is 3.46. The maximum Gasteiger partial charge on any atom is 0.342 e. The van der Waals surface area contributed by atoms with Gasteiger partial charge in [-0.05, 0) is 30.3 Å². The number of Topliss-reactive ketones (excluding diaryl/α,β-unsaturated/α-hetero) is 1. The predicted octanol–water partition coefficient (Wildman–Crippen LogP) is -0.968. The van der Waals surface area contributed by atoms with E-state index in [0.717, 1.165) is 0 Å². The molecule has 8 atom stereocenters. The van der Waals surface area contributed by atoms with Crippen LogP contribution in [0, 0.1) is 0 Å². The zero-order chi connectivity index (χ0) is 56.0. The van der Waals surface area contributed by atoms with Crippen LogP contribution in [-0.2, 0) is 28.5 Å². The first kappa shape index (κ1) is 52.3. The molecule has 400 valence electrons. The third-order valence-corrected chi connectivity index (χ3v) is 12.4. The van der Waals surface area contributed by atoms with Crippen molar-refractivity contribution in [2.24, 2.45) is 0 Å². The van der Waals surface area contributed by atoms with E-state index >= 15 is 0 Å². The zero-order valence-electron chi connectivity index (χ0n) is 37.4. The molecule has 4 aliphatic rings. The van der Waals surface area contributed by atoms with Crippen molar-refractivity contribution in [3.8, 4) is 108 Å². The predicted molar refractivity (Wildman–Crippen MR) is 235 cm³/mol. The minimum Gasteiger partial charge on any atom is -0.504 e. The number of cyclic esters (lactones) is 2. The van der Waals surface area contributed by atoms with Gasteiger partial charge < -0.3 is 121 Å². The largest absolute Gasteiger partial charge is 0.504 e. The standard InChI is InChI=1S/C46H36O30/c47-6-17(52)30(58)37(65)35(63)24-22-23-21(33(61)38(66)34(22)62)20-11(5-16(51)29(57)32(20)60)45(70)76-41(40(24)75-46(23)71)39-18(73-42(67)8-1-13(48)27(55)14(49)2-8)7-72-43(68)12-3-9(25(53)36(64)26(12)54)19-10(44(69)74-39)4-15(50)28(56)31(19)59/h1-5,17-18,24,30,37,39-41,47-62,64-66H,6-7H2. The smallest absolute Gasteiger partial charge is 0.342 e.